The summed E-state index contributed by atoms with van der Waals surface area (Å²) >= 11 is 3.34. The van der Waals surface area contributed by atoms with Gasteiger partial charge in [0.15, 0.2) is 0 Å². The van der Waals surface area contributed by atoms with E-state index < -0.39 is 5.82 Å². The van der Waals surface area contributed by atoms with Crippen molar-refractivity contribution >= 4 is 15.9 Å². The predicted octanol–water partition coefficient (Wildman–Crippen LogP) is 3.53. The summed E-state index contributed by atoms with van der Waals surface area (Å²) in [7, 11) is 0. The highest BCUT2D eigenvalue weighted by molar-refractivity contribution is 9.10. The van der Waals surface area contributed by atoms with Gasteiger partial charge in [0.25, 0.3) is 0 Å². The molecule has 0 aliphatic carbocycles. The van der Waals surface area contributed by atoms with Crippen LogP contribution in [0, 0.1) is 17.1 Å². The van der Waals surface area contributed by atoms with Crippen molar-refractivity contribution in [2.24, 2.45) is 0 Å². The second kappa shape index (κ2) is 6.51. The summed E-state index contributed by atoms with van der Waals surface area (Å²) in [6, 6.07) is 11.2. The van der Waals surface area contributed by atoms with Crippen LogP contribution < -0.4 is 4.74 Å². The monoisotopic (exact) mass is 335 g/mol. The summed E-state index contributed by atoms with van der Waals surface area (Å²) in [5.41, 5.74) is 1.45. The highest BCUT2D eigenvalue weighted by atomic mass is 79.9. The number of nitriles is 1. The zero-order valence-electron chi connectivity index (χ0n) is 10.4. The lowest BCUT2D eigenvalue weighted by molar-refractivity contribution is 0.258. The number of halogens is 2. The van der Waals surface area contributed by atoms with E-state index in [0.29, 0.717) is 26.9 Å². The molecular weight excluding hydrogens is 325 g/mol. The van der Waals surface area contributed by atoms with Crippen LogP contribution in [0.5, 0.6) is 5.75 Å². The minimum Gasteiger partial charge on any atom is -0.487 e. The second-order valence-electron chi connectivity index (χ2n) is 4.09. The first-order valence-corrected chi connectivity index (χ1v) is 6.64. The van der Waals surface area contributed by atoms with E-state index in [1.165, 1.54) is 18.2 Å². The normalized spacial score (nSPS) is 10.1. The molecule has 0 aliphatic rings. The first-order valence-electron chi connectivity index (χ1n) is 5.85. The van der Waals surface area contributed by atoms with Crippen LogP contribution in [-0.2, 0) is 13.2 Å². The molecule has 0 unspecified atom stereocenters. The number of aliphatic hydroxyl groups excluding tert-OH is 1. The van der Waals surface area contributed by atoms with Gasteiger partial charge in [0.05, 0.1) is 22.7 Å². The minimum atomic E-state index is -0.419. The Balaban J connectivity index is 2.26. The van der Waals surface area contributed by atoms with Gasteiger partial charge in [0.1, 0.15) is 18.2 Å². The van der Waals surface area contributed by atoms with E-state index in [1.54, 1.807) is 18.2 Å². The number of rotatable bonds is 4. The third kappa shape index (κ3) is 3.16. The molecule has 1 N–H and O–H groups in total. The summed E-state index contributed by atoms with van der Waals surface area (Å²) in [5.74, 6) is 0.0697. The predicted molar refractivity (Wildman–Crippen MR) is 75.5 cm³/mol. The number of para-hydroxylation sites is 1. The van der Waals surface area contributed by atoms with Crippen molar-refractivity contribution in [3.8, 4) is 11.8 Å². The molecule has 2 aromatic carbocycles. The molecule has 2 rings (SSSR count). The van der Waals surface area contributed by atoms with Crippen molar-refractivity contribution in [1.29, 1.82) is 5.26 Å². The van der Waals surface area contributed by atoms with E-state index >= 15 is 0 Å². The van der Waals surface area contributed by atoms with E-state index in [-0.39, 0.29) is 13.2 Å². The molecule has 0 heterocycles. The van der Waals surface area contributed by atoms with Crippen molar-refractivity contribution in [2.75, 3.05) is 0 Å². The van der Waals surface area contributed by atoms with Gasteiger partial charge in [-0.2, -0.15) is 5.26 Å². The van der Waals surface area contributed by atoms with Crippen LogP contribution in [0.25, 0.3) is 0 Å². The van der Waals surface area contributed by atoms with E-state index in [0.717, 1.165) is 0 Å². The zero-order chi connectivity index (χ0) is 14.5. The van der Waals surface area contributed by atoms with Crippen LogP contribution in [0.3, 0.4) is 0 Å². The number of aliphatic hydroxyl groups is 1. The van der Waals surface area contributed by atoms with Crippen LogP contribution in [0.2, 0.25) is 0 Å². The van der Waals surface area contributed by atoms with Crippen molar-refractivity contribution in [3.63, 3.8) is 0 Å². The van der Waals surface area contributed by atoms with Gasteiger partial charge in [-0.1, -0.05) is 12.1 Å². The van der Waals surface area contributed by atoms with Crippen molar-refractivity contribution < 1.29 is 14.2 Å². The molecule has 20 heavy (non-hydrogen) atoms. The first-order chi connectivity index (χ1) is 9.65. The Hall–Kier alpha value is -1.90. The van der Waals surface area contributed by atoms with Gasteiger partial charge < -0.3 is 9.84 Å². The van der Waals surface area contributed by atoms with Gasteiger partial charge in [-0.3, -0.25) is 0 Å². The fraction of sp³-hybridized carbons (Fsp3) is 0.133. The molecule has 5 heteroatoms. The first kappa shape index (κ1) is 14.5. The van der Waals surface area contributed by atoms with Crippen molar-refractivity contribution in [3.05, 3.63) is 63.4 Å². The fourth-order valence-electron chi connectivity index (χ4n) is 1.78. The Bertz CT molecular complexity index is 667. The quantitative estimate of drug-likeness (QED) is 0.929. The van der Waals surface area contributed by atoms with E-state index in [4.69, 9.17) is 10.00 Å². The van der Waals surface area contributed by atoms with Crippen molar-refractivity contribution in [1.82, 2.24) is 0 Å². The molecule has 0 fully saturated rings. The maximum atomic E-state index is 13.2. The summed E-state index contributed by atoms with van der Waals surface area (Å²) in [6.07, 6.45) is 0. The molecule has 0 amide bonds. The SMILES string of the molecule is N#Cc1ccc(F)cc1COc1c(Br)cccc1CO. The number of hydrogen-bond donors (Lipinski definition) is 1. The van der Waals surface area contributed by atoms with Gasteiger partial charge >= 0.3 is 0 Å². The maximum absolute atomic E-state index is 13.2. The summed E-state index contributed by atoms with van der Waals surface area (Å²) < 4.78 is 19.5. The highest BCUT2D eigenvalue weighted by Crippen LogP contribution is 2.30. The molecule has 0 saturated heterocycles. The number of nitrogens with zero attached hydrogens (tertiary/aromatic N) is 1. The molecule has 3 nitrogen and oxygen atoms in total. The number of benzene rings is 2. The lowest BCUT2D eigenvalue weighted by Gasteiger charge is -2.12. The van der Waals surface area contributed by atoms with Crippen LogP contribution in [0.1, 0.15) is 16.7 Å². The average Bonchev–Trinajstić information content (AvgIpc) is 2.46. The maximum Gasteiger partial charge on any atom is 0.139 e. The molecular formula is C15H11BrFNO2. The standard InChI is InChI=1S/C15H11BrFNO2/c16-14-3-1-2-11(8-19)15(14)20-9-12-6-13(17)5-4-10(12)7-18/h1-6,19H,8-9H2. The van der Waals surface area contributed by atoms with Crippen LogP contribution in [0.15, 0.2) is 40.9 Å². The van der Waals surface area contributed by atoms with Crippen LogP contribution in [-0.4, -0.2) is 5.11 Å². The summed E-state index contributed by atoms with van der Waals surface area (Å²) in [4.78, 5) is 0. The molecule has 0 spiro atoms. The summed E-state index contributed by atoms with van der Waals surface area (Å²) in [6.45, 7) is -0.112. The third-order valence-corrected chi connectivity index (χ3v) is 3.40. The lowest BCUT2D eigenvalue weighted by atomic mass is 10.1. The van der Waals surface area contributed by atoms with Crippen LogP contribution in [0.4, 0.5) is 4.39 Å². The highest BCUT2D eigenvalue weighted by Gasteiger charge is 2.10. The zero-order valence-corrected chi connectivity index (χ0v) is 12.0. The molecule has 2 aromatic rings. The second-order valence-corrected chi connectivity index (χ2v) is 4.94. The van der Waals surface area contributed by atoms with Crippen LogP contribution >= 0.6 is 15.9 Å². The number of ether oxygens (including phenoxy) is 1. The molecule has 102 valence electrons. The Labute approximate surface area is 124 Å². The van der Waals surface area contributed by atoms with E-state index in [1.807, 2.05) is 6.07 Å². The largest absolute Gasteiger partial charge is 0.487 e. The Kier molecular flexibility index (Phi) is 4.72. The Morgan fingerprint density at radius 1 is 1.25 bits per heavy atom. The molecule has 0 aliphatic heterocycles. The molecule has 0 saturated carbocycles. The van der Waals surface area contributed by atoms with Gasteiger partial charge in [0, 0.05) is 11.1 Å². The van der Waals surface area contributed by atoms with Gasteiger partial charge in [-0.15, -0.1) is 0 Å². The van der Waals surface area contributed by atoms with Crippen molar-refractivity contribution in [2.45, 2.75) is 13.2 Å². The van der Waals surface area contributed by atoms with Gasteiger partial charge in [0.2, 0.25) is 0 Å². The topological polar surface area (TPSA) is 53.2 Å². The Morgan fingerprint density at radius 3 is 2.75 bits per heavy atom. The lowest BCUT2D eigenvalue weighted by Crippen LogP contribution is -2.02. The third-order valence-electron chi connectivity index (χ3n) is 2.78. The Morgan fingerprint density at radius 2 is 2.05 bits per heavy atom. The van der Waals surface area contributed by atoms with E-state index in [2.05, 4.69) is 15.9 Å². The van der Waals surface area contributed by atoms with Gasteiger partial charge in [-0.25, -0.2) is 4.39 Å². The molecule has 0 bridgehead atoms. The summed E-state index contributed by atoms with van der Waals surface area (Å²) in [5, 5.41) is 18.3. The minimum absolute atomic E-state index is 0.0519. The average molecular weight is 336 g/mol. The molecule has 0 atom stereocenters. The number of hydrogen-bond acceptors (Lipinski definition) is 3. The van der Waals surface area contributed by atoms with E-state index in [9.17, 15) is 9.50 Å². The smallest absolute Gasteiger partial charge is 0.139 e. The fourth-order valence-corrected chi connectivity index (χ4v) is 2.30. The van der Waals surface area contributed by atoms with Gasteiger partial charge in [-0.05, 0) is 40.2 Å². The molecule has 0 aromatic heterocycles. The molecule has 0 radical (unpaired) electrons.